The van der Waals surface area contributed by atoms with E-state index in [9.17, 15) is 9.18 Å². The van der Waals surface area contributed by atoms with Crippen LogP contribution in [0.1, 0.15) is 17.0 Å². The van der Waals surface area contributed by atoms with Gasteiger partial charge in [0.1, 0.15) is 5.82 Å². The topological polar surface area (TPSA) is 49.3 Å². The fourth-order valence-electron chi connectivity index (χ4n) is 4.34. The molecular weight excluding hydrogens is 367 g/mol. The third-order valence-electron chi connectivity index (χ3n) is 5.82. The van der Waals surface area contributed by atoms with E-state index in [0.717, 1.165) is 30.4 Å². The lowest BCUT2D eigenvalue weighted by Crippen LogP contribution is -2.34. The van der Waals surface area contributed by atoms with E-state index < -0.39 is 0 Å². The molecule has 2 unspecified atom stereocenters. The number of fused-ring (bicyclic) bond motifs is 1. The number of amides is 1. The number of hydrogen-bond donors (Lipinski definition) is 0. The molecule has 6 heteroatoms. The van der Waals surface area contributed by atoms with Crippen molar-refractivity contribution >= 4 is 17.4 Å². The summed E-state index contributed by atoms with van der Waals surface area (Å²) < 4.78 is 13.5. The van der Waals surface area contributed by atoms with Crippen molar-refractivity contribution in [2.75, 3.05) is 31.1 Å². The minimum atomic E-state index is -0.353. The Morgan fingerprint density at radius 1 is 1.03 bits per heavy atom. The van der Waals surface area contributed by atoms with Gasteiger partial charge in [0.2, 0.25) is 5.95 Å². The Bertz CT molecular complexity index is 968. The lowest BCUT2D eigenvalue weighted by Gasteiger charge is -2.23. The summed E-state index contributed by atoms with van der Waals surface area (Å²) >= 11 is 0. The Kier molecular flexibility index (Phi) is 4.94. The van der Waals surface area contributed by atoms with Crippen LogP contribution in [0.25, 0.3) is 5.57 Å². The van der Waals surface area contributed by atoms with Gasteiger partial charge in [-0.2, -0.15) is 0 Å². The average molecular weight is 392 g/mol. The van der Waals surface area contributed by atoms with Gasteiger partial charge in [0.05, 0.1) is 0 Å². The third-order valence-corrected chi connectivity index (χ3v) is 5.82. The molecule has 2 aliphatic rings. The smallest absolute Gasteiger partial charge is 0.253 e. The molecule has 0 spiro atoms. The van der Waals surface area contributed by atoms with Crippen LogP contribution in [-0.2, 0) is 4.79 Å². The predicted octanol–water partition coefficient (Wildman–Crippen LogP) is 3.40. The van der Waals surface area contributed by atoms with Gasteiger partial charge in [0, 0.05) is 55.0 Å². The van der Waals surface area contributed by atoms with Crippen molar-refractivity contribution in [2.45, 2.75) is 13.8 Å². The molecule has 0 saturated carbocycles. The molecular formula is C23H25FN4O. The molecule has 5 nitrogen and oxygen atoms in total. The van der Waals surface area contributed by atoms with Crippen molar-refractivity contribution in [3.05, 3.63) is 71.8 Å². The molecule has 2 atom stereocenters. The number of rotatable bonds is 4. The third kappa shape index (κ3) is 3.79. The van der Waals surface area contributed by atoms with Gasteiger partial charge in [-0.1, -0.05) is 25.3 Å². The van der Waals surface area contributed by atoms with Gasteiger partial charge < -0.3 is 9.80 Å². The Morgan fingerprint density at radius 2 is 1.66 bits per heavy atom. The van der Waals surface area contributed by atoms with Gasteiger partial charge in [-0.3, -0.25) is 4.79 Å². The Hall–Kier alpha value is -3.02. The first kappa shape index (κ1) is 19.3. The van der Waals surface area contributed by atoms with E-state index in [0.29, 0.717) is 41.6 Å². The first-order chi connectivity index (χ1) is 13.8. The fourth-order valence-corrected chi connectivity index (χ4v) is 4.34. The quantitative estimate of drug-likeness (QED) is 0.591. The van der Waals surface area contributed by atoms with E-state index in [4.69, 9.17) is 0 Å². The lowest BCUT2D eigenvalue weighted by atomic mass is 10.00. The number of aryl methyl sites for hydroxylation is 2. The van der Waals surface area contributed by atoms with Crippen molar-refractivity contribution in [1.82, 2.24) is 14.9 Å². The molecule has 0 radical (unpaired) electrons. The van der Waals surface area contributed by atoms with E-state index in [2.05, 4.69) is 28.0 Å². The van der Waals surface area contributed by atoms with Crippen molar-refractivity contribution in [3.63, 3.8) is 0 Å². The summed E-state index contributed by atoms with van der Waals surface area (Å²) in [7, 11) is 0. The maximum Gasteiger partial charge on any atom is 0.253 e. The second-order valence-electron chi connectivity index (χ2n) is 8.05. The van der Waals surface area contributed by atoms with Crippen molar-refractivity contribution in [3.8, 4) is 0 Å². The van der Waals surface area contributed by atoms with E-state index >= 15 is 0 Å². The summed E-state index contributed by atoms with van der Waals surface area (Å²) in [5.41, 5.74) is 3.31. The second kappa shape index (κ2) is 7.43. The zero-order valence-electron chi connectivity index (χ0n) is 16.9. The number of carbonyl (C=O) groups is 1. The maximum absolute atomic E-state index is 13.5. The van der Waals surface area contributed by atoms with E-state index in [-0.39, 0.29) is 11.7 Å². The minimum Gasteiger partial charge on any atom is -0.340 e. The highest BCUT2D eigenvalue weighted by Crippen LogP contribution is 2.34. The number of halogens is 1. The normalized spacial score (nSPS) is 20.7. The van der Waals surface area contributed by atoms with Gasteiger partial charge >= 0.3 is 0 Å². The van der Waals surface area contributed by atoms with Crippen LogP contribution in [0.3, 0.4) is 0 Å². The monoisotopic (exact) mass is 392 g/mol. The summed E-state index contributed by atoms with van der Waals surface area (Å²) in [5.74, 6) is 1.08. The highest BCUT2D eigenvalue weighted by molar-refractivity contribution is 6.08. The zero-order valence-corrected chi connectivity index (χ0v) is 16.9. The second-order valence-corrected chi connectivity index (χ2v) is 8.05. The summed E-state index contributed by atoms with van der Waals surface area (Å²) in [4.78, 5) is 26.2. The molecule has 3 heterocycles. The zero-order chi connectivity index (χ0) is 20.7. The molecule has 4 rings (SSSR count). The number of hydrogen-bond acceptors (Lipinski definition) is 4. The van der Waals surface area contributed by atoms with Gasteiger partial charge in [-0.05, 0) is 43.2 Å². The number of nitrogens with zero attached hydrogens (tertiary/aromatic N) is 4. The average Bonchev–Trinajstić information content (AvgIpc) is 3.24. The first-order valence-corrected chi connectivity index (χ1v) is 9.82. The van der Waals surface area contributed by atoms with E-state index in [1.807, 2.05) is 24.8 Å². The van der Waals surface area contributed by atoms with Gasteiger partial charge in [-0.15, -0.1) is 0 Å². The molecule has 150 valence electrons. The molecule has 2 aliphatic heterocycles. The Balaban J connectivity index is 1.40. The van der Waals surface area contributed by atoms with Crippen LogP contribution in [0.5, 0.6) is 0 Å². The van der Waals surface area contributed by atoms with Gasteiger partial charge in [-0.25, -0.2) is 14.4 Å². The fraction of sp³-hybridized carbons (Fsp3) is 0.348. The van der Waals surface area contributed by atoms with Crippen LogP contribution < -0.4 is 4.90 Å². The lowest BCUT2D eigenvalue weighted by molar-refractivity contribution is -0.125. The molecule has 0 N–H and O–H groups in total. The summed E-state index contributed by atoms with van der Waals surface area (Å²) in [6.45, 7) is 14.9. The van der Waals surface area contributed by atoms with Crippen molar-refractivity contribution in [2.24, 2.45) is 11.8 Å². The molecule has 0 bridgehead atoms. The minimum absolute atomic E-state index is 0.122. The molecule has 2 fully saturated rings. The predicted molar refractivity (Wildman–Crippen MR) is 112 cm³/mol. The molecule has 2 saturated heterocycles. The number of carbonyl (C=O) groups excluding carboxylic acids is 1. The van der Waals surface area contributed by atoms with Crippen LogP contribution >= 0.6 is 0 Å². The van der Waals surface area contributed by atoms with Gasteiger partial charge in [0.15, 0.2) is 0 Å². The Labute approximate surface area is 170 Å². The van der Waals surface area contributed by atoms with E-state index in [1.54, 1.807) is 12.1 Å². The largest absolute Gasteiger partial charge is 0.340 e. The SMILES string of the molecule is C=C(C(=C)c1cccc(F)c1)C(=O)N1CC2CN(c3nc(C)cc(C)n3)CC2C1. The van der Waals surface area contributed by atoms with Crippen LogP contribution in [0, 0.1) is 31.5 Å². The highest BCUT2D eigenvalue weighted by Gasteiger charge is 2.42. The molecule has 29 heavy (non-hydrogen) atoms. The number of benzene rings is 1. The molecule has 0 aliphatic carbocycles. The molecule has 2 aromatic rings. The number of aromatic nitrogens is 2. The maximum atomic E-state index is 13.5. The summed E-state index contributed by atoms with van der Waals surface area (Å²) in [5, 5.41) is 0. The molecule has 1 amide bonds. The number of anilines is 1. The molecule has 1 aromatic heterocycles. The first-order valence-electron chi connectivity index (χ1n) is 9.82. The molecule has 1 aromatic carbocycles. The van der Waals surface area contributed by atoms with Crippen LogP contribution in [0.2, 0.25) is 0 Å². The van der Waals surface area contributed by atoms with Crippen LogP contribution in [0.4, 0.5) is 10.3 Å². The summed E-state index contributed by atoms with van der Waals surface area (Å²) in [6, 6.07) is 8.06. The standard InChI is InChI=1S/C23H25FN4O/c1-14-8-15(2)26-23(25-14)28-12-19-10-27(11-20(19)13-28)22(29)17(4)16(3)18-6-5-7-21(24)9-18/h5-9,19-20H,3-4,10-13H2,1-2H3. The van der Waals surface area contributed by atoms with Gasteiger partial charge in [0.25, 0.3) is 5.91 Å². The Morgan fingerprint density at radius 3 is 2.24 bits per heavy atom. The van der Waals surface area contributed by atoms with Crippen LogP contribution in [0.15, 0.2) is 49.1 Å². The van der Waals surface area contributed by atoms with E-state index in [1.165, 1.54) is 12.1 Å². The van der Waals surface area contributed by atoms with Crippen LogP contribution in [-0.4, -0.2) is 47.0 Å². The highest BCUT2D eigenvalue weighted by atomic mass is 19.1. The van der Waals surface area contributed by atoms with Crippen molar-refractivity contribution < 1.29 is 9.18 Å². The van der Waals surface area contributed by atoms with Crippen molar-refractivity contribution in [1.29, 1.82) is 0 Å². The number of likely N-dealkylation sites (tertiary alicyclic amines) is 1. The summed E-state index contributed by atoms with van der Waals surface area (Å²) in [6.07, 6.45) is 0.